The van der Waals surface area contributed by atoms with Gasteiger partial charge in [-0.3, -0.25) is 4.79 Å². The third kappa shape index (κ3) is 3.86. The lowest BCUT2D eigenvalue weighted by molar-refractivity contribution is 0.0953. The largest absolute Gasteiger partial charge is 0.504 e. The van der Waals surface area contributed by atoms with E-state index in [0.29, 0.717) is 34.3 Å². The highest BCUT2D eigenvalue weighted by atomic mass is 16.3. The molecule has 5 N–H and O–H groups in total. The van der Waals surface area contributed by atoms with Crippen LogP contribution in [0.15, 0.2) is 77.9 Å². The molecule has 0 aliphatic heterocycles. The van der Waals surface area contributed by atoms with Crippen molar-refractivity contribution in [2.24, 2.45) is 5.10 Å². The van der Waals surface area contributed by atoms with Gasteiger partial charge in [-0.25, -0.2) is 9.97 Å². The molecule has 0 radical (unpaired) electrons. The van der Waals surface area contributed by atoms with Crippen molar-refractivity contribution in [1.82, 2.24) is 20.0 Å². The first-order valence-electron chi connectivity index (χ1n) is 10.5. The number of carbonyl (C=O) groups excluding carboxylic acids is 1. The van der Waals surface area contributed by atoms with Crippen molar-refractivity contribution in [1.29, 1.82) is 0 Å². The number of phenols is 2. The summed E-state index contributed by atoms with van der Waals surface area (Å²) in [6.45, 7) is 0.322. The Bertz CT molecular complexity index is 1560. The number of hydrogen-bond acceptors (Lipinski definition) is 7. The predicted molar refractivity (Wildman–Crippen MR) is 130 cm³/mol. The van der Waals surface area contributed by atoms with Gasteiger partial charge < -0.3 is 21.3 Å². The maximum atomic E-state index is 13.2. The van der Waals surface area contributed by atoms with E-state index in [-0.39, 0.29) is 22.9 Å². The summed E-state index contributed by atoms with van der Waals surface area (Å²) in [6.07, 6.45) is 1.44. The first kappa shape index (κ1) is 21.0. The van der Waals surface area contributed by atoms with E-state index in [2.05, 4.69) is 20.4 Å². The van der Waals surface area contributed by atoms with Crippen molar-refractivity contribution >= 4 is 40.1 Å². The number of benzene rings is 3. The zero-order valence-electron chi connectivity index (χ0n) is 17.9. The number of anilines is 1. The number of fused-ring (bicyclic) bond motifs is 2. The molecule has 1 amide bonds. The molecular weight excluding hydrogens is 432 g/mol. The van der Waals surface area contributed by atoms with Gasteiger partial charge >= 0.3 is 0 Å². The number of nitrogens with two attached hydrogens (primary N) is 1. The Balaban J connectivity index is 1.60. The van der Waals surface area contributed by atoms with Crippen LogP contribution in [0.2, 0.25) is 0 Å². The van der Waals surface area contributed by atoms with E-state index < -0.39 is 5.91 Å². The smallest absolute Gasteiger partial charge is 0.257 e. The monoisotopic (exact) mass is 452 g/mol. The molecule has 9 heteroatoms. The van der Waals surface area contributed by atoms with Crippen LogP contribution in [-0.4, -0.2) is 37.0 Å². The van der Waals surface area contributed by atoms with Crippen molar-refractivity contribution in [3.63, 3.8) is 0 Å². The van der Waals surface area contributed by atoms with Gasteiger partial charge in [0.2, 0.25) is 0 Å². The maximum Gasteiger partial charge on any atom is 0.257 e. The van der Waals surface area contributed by atoms with Crippen LogP contribution in [0.3, 0.4) is 0 Å². The minimum Gasteiger partial charge on any atom is -0.504 e. The number of hydrogen-bond donors (Lipinski definition) is 4. The van der Waals surface area contributed by atoms with Crippen molar-refractivity contribution in [3.8, 4) is 11.5 Å². The average Bonchev–Trinajstić information content (AvgIpc) is 3.12. The number of amides is 1. The average molecular weight is 452 g/mol. The molecule has 0 atom stereocenters. The molecule has 0 saturated heterocycles. The summed E-state index contributed by atoms with van der Waals surface area (Å²) in [5.41, 5.74) is 9.92. The Morgan fingerprint density at radius 2 is 1.68 bits per heavy atom. The number of phenolic OH excluding ortho intramolecular Hbond substituents is 2. The summed E-state index contributed by atoms with van der Waals surface area (Å²) >= 11 is 0. The fourth-order valence-corrected chi connectivity index (χ4v) is 3.60. The Morgan fingerprint density at radius 1 is 0.971 bits per heavy atom. The van der Waals surface area contributed by atoms with E-state index in [1.54, 1.807) is 6.07 Å². The van der Waals surface area contributed by atoms with Crippen LogP contribution >= 0.6 is 0 Å². The second-order valence-corrected chi connectivity index (χ2v) is 7.62. The summed E-state index contributed by atoms with van der Waals surface area (Å²) in [5.74, 6) is -0.832. The second kappa shape index (κ2) is 8.55. The molecule has 168 valence electrons. The van der Waals surface area contributed by atoms with Crippen molar-refractivity contribution in [3.05, 3.63) is 89.5 Å². The van der Waals surface area contributed by atoms with Gasteiger partial charge in [-0.15, -0.1) is 0 Å². The van der Waals surface area contributed by atoms with Crippen molar-refractivity contribution < 1.29 is 15.0 Å². The molecule has 34 heavy (non-hydrogen) atoms. The quantitative estimate of drug-likeness (QED) is 0.238. The fraction of sp³-hybridized carbons (Fsp3) is 0.0400. The Labute approximate surface area is 193 Å². The normalized spacial score (nSPS) is 11.4. The molecule has 0 aliphatic carbocycles. The molecular formula is C25H20N6O3. The number of para-hydroxylation sites is 2. The lowest BCUT2D eigenvalue weighted by atomic mass is 10.2. The van der Waals surface area contributed by atoms with Gasteiger partial charge in [0.15, 0.2) is 17.1 Å². The highest BCUT2D eigenvalue weighted by molar-refractivity contribution is 6.10. The lowest BCUT2D eigenvalue weighted by Crippen LogP contribution is -2.23. The summed E-state index contributed by atoms with van der Waals surface area (Å²) < 4.78 is 1.34. The molecule has 0 fully saturated rings. The molecule has 2 heterocycles. The van der Waals surface area contributed by atoms with Crippen LogP contribution in [0.5, 0.6) is 11.5 Å². The van der Waals surface area contributed by atoms with Gasteiger partial charge in [0.05, 0.1) is 17.2 Å². The number of aromatic hydroxyl groups is 2. The fourth-order valence-electron chi connectivity index (χ4n) is 3.60. The molecule has 0 bridgehead atoms. The van der Waals surface area contributed by atoms with Gasteiger partial charge in [0, 0.05) is 6.54 Å². The highest BCUT2D eigenvalue weighted by Crippen LogP contribution is 2.28. The van der Waals surface area contributed by atoms with E-state index in [4.69, 9.17) is 5.73 Å². The zero-order valence-corrected chi connectivity index (χ0v) is 17.9. The third-order valence-electron chi connectivity index (χ3n) is 5.32. The summed E-state index contributed by atoms with van der Waals surface area (Å²) in [7, 11) is 0. The first-order valence-corrected chi connectivity index (χ1v) is 10.5. The molecule has 2 aromatic heterocycles. The molecule has 5 aromatic rings. The van der Waals surface area contributed by atoms with E-state index in [0.717, 1.165) is 5.56 Å². The van der Waals surface area contributed by atoms with Gasteiger partial charge in [-0.1, -0.05) is 42.5 Å². The Morgan fingerprint density at radius 3 is 2.41 bits per heavy atom. The van der Waals surface area contributed by atoms with Crippen LogP contribution < -0.4 is 11.1 Å². The Kier molecular flexibility index (Phi) is 5.27. The summed E-state index contributed by atoms with van der Waals surface area (Å²) in [5, 5.41) is 26.6. The van der Waals surface area contributed by atoms with Crippen LogP contribution in [0.4, 0.5) is 5.82 Å². The van der Waals surface area contributed by atoms with Crippen molar-refractivity contribution in [2.45, 2.75) is 6.54 Å². The number of nitrogens with zero attached hydrogens (tertiary/aromatic N) is 4. The number of nitrogens with one attached hydrogen (secondary N) is 1. The molecule has 5 rings (SSSR count). The van der Waals surface area contributed by atoms with Crippen LogP contribution in [-0.2, 0) is 6.54 Å². The van der Waals surface area contributed by atoms with Gasteiger partial charge in [0.1, 0.15) is 16.9 Å². The maximum absolute atomic E-state index is 13.2. The standard InChI is InChI=1S/C25H20N6O3/c26-23-21(25(34)27-13-15-6-2-1-3-7-15)22-24(30-18-9-5-4-8-17(18)29-22)31(23)28-14-16-10-11-19(32)20(33)12-16/h1-12,14,32-33H,13,26H2,(H,27,34). The van der Waals surface area contributed by atoms with Crippen LogP contribution in [0.25, 0.3) is 22.2 Å². The molecule has 0 unspecified atom stereocenters. The van der Waals surface area contributed by atoms with E-state index in [1.165, 1.54) is 23.0 Å². The first-order chi connectivity index (χ1) is 16.5. The predicted octanol–water partition coefficient (Wildman–Crippen LogP) is 3.39. The number of carbonyl (C=O) groups is 1. The second-order valence-electron chi connectivity index (χ2n) is 7.62. The highest BCUT2D eigenvalue weighted by Gasteiger charge is 2.24. The summed E-state index contributed by atoms with van der Waals surface area (Å²) in [4.78, 5) is 22.5. The molecule has 9 nitrogen and oxygen atoms in total. The molecule has 0 spiro atoms. The van der Waals surface area contributed by atoms with Crippen LogP contribution in [0, 0.1) is 0 Å². The topological polar surface area (TPSA) is 139 Å². The molecule has 3 aromatic carbocycles. The van der Waals surface area contributed by atoms with E-state index in [1.807, 2.05) is 54.6 Å². The van der Waals surface area contributed by atoms with Crippen molar-refractivity contribution in [2.75, 3.05) is 5.73 Å². The van der Waals surface area contributed by atoms with E-state index in [9.17, 15) is 15.0 Å². The van der Waals surface area contributed by atoms with E-state index >= 15 is 0 Å². The molecule has 0 aliphatic rings. The number of nitrogen functional groups attached to an aromatic ring is 1. The molecule has 0 saturated carbocycles. The van der Waals surface area contributed by atoms with Gasteiger partial charge in [0.25, 0.3) is 5.91 Å². The number of rotatable bonds is 5. The van der Waals surface area contributed by atoms with Gasteiger partial charge in [-0.2, -0.15) is 9.78 Å². The van der Waals surface area contributed by atoms with Gasteiger partial charge in [-0.05, 0) is 41.5 Å². The Hall–Kier alpha value is -4.92. The minimum atomic E-state index is -0.396. The third-order valence-corrected chi connectivity index (χ3v) is 5.32. The van der Waals surface area contributed by atoms with Crippen LogP contribution in [0.1, 0.15) is 21.5 Å². The zero-order chi connectivity index (χ0) is 23.7. The lowest BCUT2D eigenvalue weighted by Gasteiger charge is -2.05. The minimum absolute atomic E-state index is 0.0788. The number of aromatic nitrogens is 3. The summed E-state index contributed by atoms with van der Waals surface area (Å²) in [6, 6.07) is 21.1. The SMILES string of the molecule is Nc1c(C(=O)NCc2ccccc2)c2nc3ccccc3nc2n1N=Cc1ccc(O)c(O)c1.